The van der Waals surface area contributed by atoms with Gasteiger partial charge in [-0.2, -0.15) is 0 Å². The van der Waals surface area contributed by atoms with Crippen LogP contribution in [0.1, 0.15) is 0 Å². The van der Waals surface area contributed by atoms with Crippen LogP contribution in [0.2, 0.25) is 0 Å². The van der Waals surface area contributed by atoms with Crippen LogP contribution in [0.25, 0.3) is 0 Å². The Kier molecular flexibility index (Phi) is 10.5. The van der Waals surface area contributed by atoms with Gasteiger partial charge in [0, 0.05) is 0 Å². The molecule has 84 valence electrons. The summed E-state index contributed by atoms with van der Waals surface area (Å²) in [5.41, 5.74) is 0. The molecule has 0 saturated heterocycles. The lowest BCUT2D eigenvalue weighted by atomic mass is 10.6. The van der Waals surface area contributed by atoms with E-state index < -0.39 is 6.16 Å². The Morgan fingerprint density at radius 2 is 1.00 bits per heavy atom. The van der Waals surface area contributed by atoms with E-state index in [2.05, 4.69) is 95.6 Å². The third-order valence-electron chi connectivity index (χ3n) is 0.461. The molecule has 0 atom stereocenters. The molecular weight excluding hydrogens is 587 g/mol. The van der Waals surface area contributed by atoms with E-state index in [1.54, 1.807) is 0 Å². The van der Waals surface area contributed by atoms with E-state index in [0.717, 1.165) is 0 Å². The quantitative estimate of drug-likeness (QED) is 0.292. The number of alkyl halides is 6. The number of rotatable bonds is 0. The molecule has 0 aromatic rings. The van der Waals surface area contributed by atoms with Crippen LogP contribution in [0.4, 0.5) is 4.79 Å². The maximum atomic E-state index is 8.56. The maximum absolute atomic E-state index is 8.56. The third-order valence-corrected chi connectivity index (χ3v) is 2.05. The van der Waals surface area contributed by atoms with Gasteiger partial charge in [0.15, 0.2) is 4.29 Å². The van der Waals surface area contributed by atoms with Gasteiger partial charge in [0.05, 0.1) is 0 Å². The number of hydrogen-bond acceptors (Lipinski definition) is 1. The molecule has 0 saturated carbocycles. The van der Waals surface area contributed by atoms with Crippen molar-refractivity contribution in [3.8, 4) is 0 Å². The van der Waals surface area contributed by atoms with Crippen LogP contribution in [0.15, 0.2) is 12.2 Å². The van der Waals surface area contributed by atoms with Gasteiger partial charge in [0.1, 0.15) is 0 Å². The summed E-state index contributed by atoms with van der Waals surface area (Å²) in [7, 11) is 0. The lowest BCUT2D eigenvalue weighted by Gasteiger charge is -2.08. The molecule has 3 nitrogen and oxygen atoms in total. The molecule has 0 unspecified atom stereocenters. The Morgan fingerprint density at radius 3 is 1.07 bits per heavy atom. The van der Waals surface area contributed by atoms with Crippen molar-refractivity contribution in [2.75, 3.05) is 0 Å². The van der Waals surface area contributed by atoms with Crippen LogP contribution in [-0.4, -0.2) is 20.7 Å². The Hall–Kier alpha value is 1.89. The van der Waals surface area contributed by atoms with Crippen molar-refractivity contribution in [1.82, 2.24) is 0 Å². The lowest BCUT2D eigenvalue weighted by molar-refractivity contribution is 0.137. The Morgan fingerprint density at radius 1 is 0.857 bits per heavy atom. The molecule has 0 aliphatic rings. The summed E-state index contributed by atoms with van der Waals surface area (Å²) >= 11 is 19.9. The van der Waals surface area contributed by atoms with Crippen molar-refractivity contribution in [3.05, 3.63) is 12.2 Å². The van der Waals surface area contributed by atoms with Crippen LogP contribution in [0.3, 0.4) is 0 Å². The molecule has 0 aliphatic heterocycles. The summed E-state index contributed by atoms with van der Waals surface area (Å²) in [4.78, 5) is 8.56. The zero-order valence-electron chi connectivity index (χ0n) is 6.23. The fourth-order valence-corrected chi connectivity index (χ4v) is 0.982. The highest BCUT2D eigenvalue weighted by molar-refractivity contribution is 9.40. The first-order chi connectivity index (χ1) is 5.94. The van der Waals surface area contributed by atoms with Gasteiger partial charge in [-0.05, 0) is 12.2 Å². The first-order valence-electron chi connectivity index (χ1n) is 2.70. The normalized spacial score (nSPS) is 12.1. The molecule has 0 fully saturated rings. The van der Waals surface area contributed by atoms with Gasteiger partial charge in [-0.1, -0.05) is 95.6 Å². The second-order valence-electron chi connectivity index (χ2n) is 1.70. The first-order valence-corrected chi connectivity index (χ1v) is 7.45. The van der Waals surface area contributed by atoms with Crippen LogP contribution < -0.4 is 0 Å². The number of allylic oxidation sites excluding steroid dienone is 2. The molecule has 0 heterocycles. The van der Waals surface area contributed by atoms with Crippen molar-refractivity contribution < 1.29 is 15.0 Å². The zero-order chi connectivity index (χ0) is 12.0. The maximum Gasteiger partial charge on any atom is 0.503 e. The monoisotopic (exact) mass is 586 g/mol. The molecule has 0 rings (SSSR count). The van der Waals surface area contributed by atoms with E-state index in [-0.39, 0.29) is 4.29 Å². The molecule has 0 radical (unpaired) electrons. The SMILES string of the molecule is BrC(Br)(Br)C=CC(Br)(Br)Br.O=C(O)O. The molecule has 0 bridgehead atoms. The van der Waals surface area contributed by atoms with E-state index in [0.29, 0.717) is 0 Å². The minimum atomic E-state index is -1.83. The van der Waals surface area contributed by atoms with Crippen molar-refractivity contribution in [3.63, 3.8) is 0 Å². The first kappa shape index (κ1) is 18.3. The summed E-state index contributed by atoms with van der Waals surface area (Å²) in [5.74, 6) is 0. The summed E-state index contributed by atoms with van der Waals surface area (Å²) in [6.45, 7) is 0. The van der Waals surface area contributed by atoms with Gasteiger partial charge < -0.3 is 10.2 Å². The Balaban J connectivity index is 0. The summed E-state index contributed by atoms with van der Waals surface area (Å²) in [6.07, 6.45) is 1.93. The highest BCUT2D eigenvalue weighted by Crippen LogP contribution is 2.40. The van der Waals surface area contributed by atoms with Gasteiger partial charge in [0.25, 0.3) is 0 Å². The molecule has 0 aromatic heterocycles. The van der Waals surface area contributed by atoms with Crippen molar-refractivity contribution in [2.45, 2.75) is 4.29 Å². The number of carboxylic acid groups (broad SMARTS) is 2. The molecule has 14 heavy (non-hydrogen) atoms. The summed E-state index contributed by atoms with van der Waals surface area (Å²) < 4.78 is -0.652. The van der Waals surface area contributed by atoms with E-state index in [1.807, 2.05) is 12.2 Å². The second kappa shape index (κ2) is 8.05. The summed E-state index contributed by atoms with van der Waals surface area (Å²) in [5, 5.41) is 13.9. The molecule has 2 N–H and O–H groups in total. The van der Waals surface area contributed by atoms with Crippen molar-refractivity contribution in [1.29, 1.82) is 0 Å². The molecule has 9 heteroatoms. The molecule has 0 amide bonds. The van der Waals surface area contributed by atoms with Gasteiger partial charge in [-0.15, -0.1) is 0 Å². The third kappa shape index (κ3) is 29.2. The number of halogens is 6. The fourth-order valence-electron chi connectivity index (χ4n) is 0.189. The van der Waals surface area contributed by atoms with Gasteiger partial charge in [-0.3, -0.25) is 0 Å². The molecular formula is C5H4Br6O3. The highest BCUT2D eigenvalue weighted by Gasteiger charge is 2.17. The minimum absolute atomic E-state index is 0.326. The average Bonchev–Trinajstić information content (AvgIpc) is 1.79. The fraction of sp³-hybridized carbons (Fsp3) is 0.400. The van der Waals surface area contributed by atoms with Gasteiger partial charge >= 0.3 is 6.16 Å². The van der Waals surface area contributed by atoms with E-state index in [9.17, 15) is 0 Å². The topological polar surface area (TPSA) is 57.5 Å². The molecule has 0 aliphatic carbocycles. The van der Waals surface area contributed by atoms with Gasteiger partial charge in [0.2, 0.25) is 0 Å². The molecule has 0 aromatic carbocycles. The standard InChI is InChI=1S/C4H2Br6.CH2O3/c5-3(6,7)1-2-4(8,9)10;2-1(3)4/h1-2H;(H2,2,3,4). The van der Waals surface area contributed by atoms with Crippen LogP contribution >= 0.6 is 95.6 Å². The zero-order valence-corrected chi connectivity index (χ0v) is 15.7. The van der Waals surface area contributed by atoms with Gasteiger partial charge in [-0.25, -0.2) is 4.79 Å². The largest absolute Gasteiger partial charge is 0.503 e. The minimum Gasteiger partial charge on any atom is -0.450 e. The average molecular weight is 592 g/mol. The Bertz CT molecular complexity index is 182. The van der Waals surface area contributed by atoms with Crippen LogP contribution in [-0.2, 0) is 0 Å². The predicted octanol–water partition coefficient (Wildman–Crippen LogP) is 5.44. The van der Waals surface area contributed by atoms with Crippen molar-refractivity contribution >= 4 is 102 Å². The van der Waals surface area contributed by atoms with Crippen LogP contribution in [0, 0.1) is 0 Å². The second-order valence-corrected chi connectivity index (χ2v) is 15.6. The van der Waals surface area contributed by atoms with E-state index >= 15 is 0 Å². The van der Waals surface area contributed by atoms with E-state index in [1.165, 1.54) is 0 Å². The van der Waals surface area contributed by atoms with E-state index in [4.69, 9.17) is 15.0 Å². The molecule has 0 spiro atoms. The van der Waals surface area contributed by atoms with Crippen molar-refractivity contribution in [2.24, 2.45) is 0 Å². The smallest absolute Gasteiger partial charge is 0.450 e. The Labute approximate surface area is 131 Å². The lowest BCUT2D eigenvalue weighted by Crippen LogP contribution is -1.97. The number of carbonyl (C=O) groups is 1. The summed E-state index contributed by atoms with van der Waals surface area (Å²) in [6, 6.07) is 0. The van der Waals surface area contributed by atoms with Crippen LogP contribution in [0.5, 0.6) is 0 Å². The number of hydrogen-bond donors (Lipinski definition) is 2. The predicted molar refractivity (Wildman–Crippen MR) is 78.8 cm³/mol. The highest BCUT2D eigenvalue weighted by atomic mass is 80.0.